The molecule has 0 saturated carbocycles. The molecule has 1 aromatic heterocycles. The standard InChI is InChI=1S/C20H29N3O4S/c1-19(2,3)27-18(24)23-14-15(13-20(23,4)5)9-6-7-10-16-11-8-12-17(22-16)28(21,25)26/h8,11-12,15H,6,9,13-14H2,1-5H3,(H2,21,25,26)/t15-/m0/s1. The molecule has 2 rings (SSSR count). The molecule has 7 nitrogen and oxygen atoms in total. The van der Waals surface area contributed by atoms with Crippen LogP contribution >= 0.6 is 0 Å². The molecule has 0 spiro atoms. The van der Waals surface area contributed by atoms with E-state index in [1.165, 1.54) is 6.07 Å². The zero-order valence-electron chi connectivity index (χ0n) is 17.2. The van der Waals surface area contributed by atoms with Gasteiger partial charge in [0.15, 0.2) is 5.03 Å². The van der Waals surface area contributed by atoms with Crippen LogP contribution in [0.5, 0.6) is 0 Å². The number of nitrogens with two attached hydrogens (primary N) is 1. The third-order valence-electron chi connectivity index (χ3n) is 4.48. The van der Waals surface area contributed by atoms with Gasteiger partial charge < -0.3 is 9.64 Å². The summed E-state index contributed by atoms with van der Waals surface area (Å²) >= 11 is 0. The van der Waals surface area contributed by atoms with E-state index in [2.05, 4.69) is 16.8 Å². The van der Waals surface area contributed by atoms with Crippen molar-refractivity contribution in [2.24, 2.45) is 11.1 Å². The lowest BCUT2D eigenvalue weighted by atomic mass is 9.93. The first-order valence-corrected chi connectivity index (χ1v) is 10.8. The maximum absolute atomic E-state index is 12.5. The molecule has 2 N–H and O–H groups in total. The molecule has 28 heavy (non-hydrogen) atoms. The number of pyridine rings is 1. The molecule has 0 aliphatic carbocycles. The Morgan fingerprint density at radius 3 is 2.68 bits per heavy atom. The summed E-state index contributed by atoms with van der Waals surface area (Å²) in [6.45, 7) is 10.3. The first kappa shape index (κ1) is 22.2. The van der Waals surface area contributed by atoms with Crippen molar-refractivity contribution >= 4 is 16.1 Å². The van der Waals surface area contributed by atoms with Crippen molar-refractivity contribution < 1.29 is 17.9 Å². The molecule has 154 valence electrons. The van der Waals surface area contributed by atoms with E-state index in [0.717, 1.165) is 12.8 Å². The van der Waals surface area contributed by atoms with Gasteiger partial charge in [-0.15, -0.1) is 0 Å². The van der Waals surface area contributed by atoms with E-state index in [1.807, 2.05) is 34.6 Å². The number of likely N-dealkylation sites (tertiary alicyclic amines) is 1. The number of rotatable bonds is 3. The van der Waals surface area contributed by atoms with Crippen LogP contribution in [0.4, 0.5) is 4.79 Å². The lowest BCUT2D eigenvalue weighted by Gasteiger charge is -2.33. The fourth-order valence-electron chi connectivity index (χ4n) is 3.29. The Morgan fingerprint density at radius 2 is 2.07 bits per heavy atom. The van der Waals surface area contributed by atoms with E-state index >= 15 is 0 Å². The summed E-state index contributed by atoms with van der Waals surface area (Å²) in [5.74, 6) is 6.25. The van der Waals surface area contributed by atoms with Gasteiger partial charge in [0, 0.05) is 18.5 Å². The zero-order chi connectivity index (χ0) is 21.2. The smallest absolute Gasteiger partial charge is 0.410 e. The lowest BCUT2D eigenvalue weighted by Crippen LogP contribution is -2.45. The highest BCUT2D eigenvalue weighted by molar-refractivity contribution is 7.89. The van der Waals surface area contributed by atoms with Crippen LogP contribution in [0.15, 0.2) is 23.2 Å². The molecule has 1 aliphatic heterocycles. The molecule has 1 aromatic rings. The van der Waals surface area contributed by atoms with Crippen molar-refractivity contribution in [1.29, 1.82) is 0 Å². The average Bonchev–Trinajstić information content (AvgIpc) is 2.84. The lowest BCUT2D eigenvalue weighted by molar-refractivity contribution is 0.0131. The highest BCUT2D eigenvalue weighted by atomic mass is 32.2. The third kappa shape index (κ3) is 6.21. The fourth-order valence-corrected chi connectivity index (χ4v) is 3.78. The topological polar surface area (TPSA) is 103 Å². The van der Waals surface area contributed by atoms with Gasteiger partial charge in [-0.3, -0.25) is 0 Å². The molecule has 0 aromatic carbocycles. The van der Waals surface area contributed by atoms with Gasteiger partial charge in [0.1, 0.15) is 11.3 Å². The molecule has 8 heteroatoms. The van der Waals surface area contributed by atoms with Crippen molar-refractivity contribution in [2.45, 2.75) is 70.0 Å². The second kappa shape index (κ2) is 8.10. The summed E-state index contributed by atoms with van der Waals surface area (Å²) in [5, 5.41) is 4.89. The summed E-state index contributed by atoms with van der Waals surface area (Å²) in [6.07, 6.45) is 2.07. The Hall–Kier alpha value is -2.11. The minimum atomic E-state index is -3.84. The Balaban J connectivity index is 1.95. The van der Waals surface area contributed by atoms with Gasteiger partial charge in [-0.2, -0.15) is 0 Å². The summed E-state index contributed by atoms with van der Waals surface area (Å²) in [5.41, 5.74) is -0.408. The number of carbonyl (C=O) groups is 1. The summed E-state index contributed by atoms with van der Waals surface area (Å²) in [4.78, 5) is 18.2. The van der Waals surface area contributed by atoms with Crippen LogP contribution in [0, 0.1) is 17.8 Å². The summed E-state index contributed by atoms with van der Waals surface area (Å²) < 4.78 is 28.2. The predicted octanol–water partition coefficient (Wildman–Crippen LogP) is 2.90. The van der Waals surface area contributed by atoms with Gasteiger partial charge in [0.05, 0.1) is 0 Å². The van der Waals surface area contributed by atoms with Gasteiger partial charge in [0.2, 0.25) is 0 Å². The van der Waals surface area contributed by atoms with Gasteiger partial charge >= 0.3 is 6.09 Å². The van der Waals surface area contributed by atoms with Crippen molar-refractivity contribution in [3.8, 4) is 11.8 Å². The van der Waals surface area contributed by atoms with Crippen molar-refractivity contribution in [1.82, 2.24) is 9.88 Å². The molecule has 0 unspecified atom stereocenters. The van der Waals surface area contributed by atoms with Crippen LogP contribution in [-0.4, -0.2) is 42.1 Å². The zero-order valence-corrected chi connectivity index (χ0v) is 18.0. The second-order valence-electron chi connectivity index (χ2n) is 8.72. The highest BCUT2D eigenvalue weighted by Gasteiger charge is 2.42. The van der Waals surface area contributed by atoms with E-state index in [9.17, 15) is 13.2 Å². The number of carbonyl (C=O) groups excluding carboxylic acids is 1. The molecular formula is C20H29N3O4S. The first-order chi connectivity index (χ1) is 12.8. The van der Waals surface area contributed by atoms with E-state index in [1.54, 1.807) is 17.0 Å². The average molecular weight is 408 g/mol. The normalized spacial score (nSPS) is 19.1. The molecule has 1 atom stereocenters. The minimum absolute atomic E-state index is 0.190. The van der Waals surface area contributed by atoms with Gasteiger partial charge in [0.25, 0.3) is 10.0 Å². The van der Waals surface area contributed by atoms with Crippen molar-refractivity contribution in [2.75, 3.05) is 6.54 Å². The van der Waals surface area contributed by atoms with Crippen LogP contribution in [0.2, 0.25) is 0 Å². The van der Waals surface area contributed by atoms with E-state index in [-0.39, 0.29) is 16.7 Å². The van der Waals surface area contributed by atoms with Crippen molar-refractivity contribution in [3.63, 3.8) is 0 Å². The number of hydrogen-bond acceptors (Lipinski definition) is 5. The van der Waals surface area contributed by atoms with Crippen LogP contribution < -0.4 is 5.14 Å². The maximum atomic E-state index is 12.5. The summed E-state index contributed by atoms with van der Waals surface area (Å²) in [6, 6.07) is 4.55. The first-order valence-electron chi connectivity index (χ1n) is 9.27. The van der Waals surface area contributed by atoms with Crippen molar-refractivity contribution in [3.05, 3.63) is 23.9 Å². The van der Waals surface area contributed by atoms with E-state index in [4.69, 9.17) is 9.88 Å². The molecule has 1 amide bonds. The monoisotopic (exact) mass is 407 g/mol. The molecule has 1 saturated heterocycles. The number of sulfonamides is 1. The molecule has 0 radical (unpaired) electrons. The SMILES string of the molecule is CC(C)(C)OC(=O)N1C[C@@H](CCC#Cc2cccc(S(N)(=O)=O)n2)CC1(C)C. The molecule has 0 bridgehead atoms. The summed E-state index contributed by atoms with van der Waals surface area (Å²) in [7, 11) is -3.84. The Bertz CT molecular complexity index is 892. The van der Waals surface area contributed by atoms with Gasteiger partial charge in [-0.05, 0) is 71.4 Å². The number of nitrogens with zero attached hydrogens (tertiary/aromatic N) is 2. The predicted molar refractivity (Wildman–Crippen MR) is 107 cm³/mol. The Morgan fingerprint density at radius 1 is 1.39 bits per heavy atom. The molecule has 1 fully saturated rings. The van der Waals surface area contributed by atoms with Gasteiger partial charge in [-0.25, -0.2) is 23.3 Å². The Kier molecular flexibility index (Phi) is 6.41. The molecule has 1 aliphatic rings. The number of aromatic nitrogens is 1. The third-order valence-corrected chi connectivity index (χ3v) is 5.29. The minimum Gasteiger partial charge on any atom is -0.444 e. The largest absolute Gasteiger partial charge is 0.444 e. The number of ether oxygens (including phenoxy) is 1. The number of hydrogen-bond donors (Lipinski definition) is 1. The van der Waals surface area contributed by atoms with E-state index < -0.39 is 15.6 Å². The van der Waals surface area contributed by atoms with E-state index in [0.29, 0.717) is 24.6 Å². The second-order valence-corrected chi connectivity index (χ2v) is 10.2. The number of primary sulfonamides is 1. The van der Waals surface area contributed by atoms with Crippen LogP contribution in [0.25, 0.3) is 0 Å². The highest BCUT2D eigenvalue weighted by Crippen LogP contribution is 2.35. The van der Waals surface area contributed by atoms with Crippen LogP contribution in [-0.2, 0) is 14.8 Å². The maximum Gasteiger partial charge on any atom is 0.410 e. The molecular weight excluding hydrogens is 378 g/mol. The van der Waals surface area contributed by atoms with Gasteiger partial charge in [-0.1, -0.05) is 12.0 Å². The van der Waals surface area contributed by atoms with Crippen LogP contribution in [0.1, 0.15) is 59.6 Å². The quantitative estimate of drug-likeness (QED) is 0.776. The molecule has 2 heterocycles. The van der Waals surface area contributed by atoms with Crippen LogP contribution in [0.3, 0.4) is 0 Å². The fraction of sp³-hybridized carbons (Fsp3) is 0.600. The Labute approximate surface area is 167 Å². The number of amides is 1.